The first-order valence-electron chi connectivity index (χ1n) is 13.5. The van der Waals surface area contributed by atoms with Crippen LogP contribution in [0.4, 0.5) is 0 Å². The fourth-order valence-corrected chi connectivity index (χ4v) is 4.55. The Morgan fingerprint density at radius 2 is 1.57 bits per heavy atom. The molecule has 3 amide bonds. The summed E-state index contributed by atoms with van der Waals surface area (Å²) in [5.41, 5.74) is 17.2. The summed E-state index contributed by atoms with van der Waals surface area (Å²) >= 11 is 0. The van der Waals surface area contributed by atoms with Crippen molar-refractivity contribution in [2.75, 3.05) is 12.8 Å². The van der Waals surface area contributed by atoms with Gasteiger partial charge in [-0.3, -0.25) is 14.4 Å². The molecule has 0 fully saturated rings. The third kappa shape index (κ3) is 13.0. The van der Waals surface area contributed by atoms with Gasteiger partial charge in [0, 0.05) is 23.1 Å². The first kappa shape index (κ1) is 34.0. The average molecular weight is 598 g/mol. The highest BCUT2D eigenvalue weighted by Gasteiger charge is 2.26. The minimum atomic E-state index is -3.44. The number of hydrogen-bond donors (Lipinski definition) is 4. The number of carbonyl (C=O) groups is 3. The maximum atomic E-state index is 13.0. The van der Waals surface area contributed by atoms with E-state index >= 15 is 0 Å². The number of nitrogens with zero attached hydrogens (tertiary/aromatic N) is 3. The van der Waals surface area contributed by atoms with Gasteiger partial charge in [-0.15, -0.1) is 0 Å². The zero-order chi connectivity index (χ0) is 31.1. The molecule has 2 rings (SSSR count). The van der Waals surface area contributed by atoms with E-state index in [4.69, 9.17) is 11.3 Å². The monoisotopic (exact) mass is 597 g/mol. The van der Waals surface area contributed by atoms with Gasteiger partial charge in [-0.2, -0.15) is 0 Å². The summed E-state index contributed by atoms with van der Waals surface area (Å²) in [4.78, 5) is 41.6. The normalized spacial score (nSPS) is 13.5. The van der Waals surface area contributed by atoms with E-state index in [-0.39, 0.29) is 18.8 Å². The molecule has 2 aromatic rings. The summed E-state index contributed by atoms with van der Waals surface area (Å²) in [6, 6.07) is 13.7. The molecule has 226 valence electrons. The number of azide groups is 1. The third-order valence-corrected chi connectivity index (χ3v) is 6.80. The Labute approximate surface area is 246 Å². The topological polar surface area (TPSA) is 196 Å². The van der Waals surface area contributed by atoms with Crippen molar-refractivity contribution in [2.45, 2.75) is 57.8 Å². The van der Waals surface area contributed by atoms with Gasteiger partial charge < -0.3 is 21.7 Å². The van der Waals surface area contributed by atoms with Crippen molar-refractivity contribution in [3.8, 4) is 0 Å². The smallest absolute Gasteiger partial charge is 0.243 e. The van der Waals surface area contributed by atoms with Gasteiger partial charge in [0.1, 0.15) is 12.1 Å². The van der Waals surface area contributed by atoms with E-state index in [2.05, 4.69) is 26.0 Å². The lowest BCUT2D eigenvalue weighted by molar-refractivity contribution is -0.131. The van der Waals surface area contributed by atoms with Crippen LogP contribution in [0.1, 0.15) is 37.0 Å². The second-order valence-electron chi connectivity index (χ2n) is 10.4. The SMILES string of the molecule is CC(C)C[C@H](NC(=O)[C@H](Cc1ccccc1)N=[N+]=[N-])C(=O)NCC(=O)N[C@H](C=CS(C)(=O)=O)Cc1ccc(CN)cc1. The van der Waals surface area contributed by atoms with Crippen LogP contribution in [0.2, 0.25) is 0 Å². The molecular weight excluding hydrogens is 558 g/mol. The molecule has 0 saturated heterocycles. The quantitative estimate of drug-likeness (QED) is 0.130. The highest BCUT2D eigenvalue weighted by Crippen LogP contribution is 2.11. The Bertz CT molecular complexity index is 1370. The van der Waals surface area contributed by atoms with Crippen LogP contribution >= 0.6 is 0 Å². The number of nitrogens with two attached hydrogens (primary N) is 1. The molecule has 13 heteroatoms. The molecular formula is C29H39N7O5S. The minimum Gasteiger partial charge on any atom is -0.348 e. The van der Waals surface area contributed by atoms with Gasteiger partial charge in [0.2, 0.25) is 17.7 Å². The van der Waals surface area contributed by atoms with Gasteiger partial charge in [0.05, 0.1) is 12.6 Å². The predicted molar refractivity (Wildman–Crippen MR) is 161 cm³/mol. The number of rotatable bonds is 16. The molecule has 0 spiro atoms. The zero-order valence-electron chi connectivity index (χ0n) is 24.1. The van der Waals surface area contributed by atoms with E-state index < -0.39 is 52.2 Å². The van der Waals surface area contributed by atoms with Crippen molar-refractivity contribution in [1.29, 1.82) is 0 Å². The minimum absolute atomic E-state index is 0.0260. The van der Waals surface area contributed by atoms with E-state index in [0.717, 1.165) is 28.4 Å². The van der Waals surface area contributed by atoms with E-state index in [1.54, 1.807) is 24.3 Å². The van der Waals surface area contributed by atoms with E-state index in [1.165, 1.54) is 6.08 Å². The molecule has 3 atom stereocenters. The van der Waals surface area contributed by atoms with Crippen LogP contribution in [0.3, 0.4) is 0 Å². The van der Waals surface area contributed by atoms with Crippen molar-refractivity contribution in [3.05, 3.63) is 93.2 Å². The molecule has 42 heavy (non-hydrogen) atoms. The predicted octanol–water partition coefficient (Wildman–Crippen LogP) is 2.30. The fourth-order valence-electron chi connectivity index (χ4n) is 4.07. The maximum Gasteiger partial charge on any atom is 0.243 e. The Morgan fingerprint density at radius 1 is 0.952 bits per heavy atom. The van der Waals surface area contributed by atoms with Crippen LogP contribution in [0, 0.1) is 5.92 Å². The first-order valence-corrected chi connectivity index (χ1v) is 15.5. The summed E-state index contributed by atoms with van der Waals surface area (Å²) in [5, 5.41) is 12.6. The van der Waals surface area contributed by atoms with E-state index in [9.17, 15) is 22.8 Å². The summed E-state index contributed by atoms with van der Waals surface area (Å²) in [5.74, 6) is -1.70. The number of amides is 3. The lowest BCUT2D eigenvalue weighted by atomic mass is 10.0. The molecule has 5 N–H and O–H groups in total. The van der Waals surface area contributed by atoms with Crippen molar-refractivity contribution in [1.82, 2.24) is 16.0 Å². The first-order chi connectivity index (χ1) is 19.9. The molecule has 0 aliphatic heterocycles. The van der Waals surface area contributed by atoms with Gasteiger partial charge in [-0.05, 0) is 47.4 Å². The fraction of sp³-hybridized carbons (Fsp3) is 0.414. The summed E-state index contributed by atoms with van der Waals surface area (Å²) in [6.45, 7) is 3.74. The Hall–Kier alpha value is -4.19. The van der Waals surface area contributed by atoms with Crippen molar-refractivity contribution >= 4 is 27.6 Å². The molecule has 12 nitrogen and oxygen atoms in total. The molecule has 0 unspecified atom stereocenters. The van der Waals surface area contributed by atoms with Crippen LogP contribution in [-0.2, 0) is 43.6 Å². The number of hydrogen-bond acceptors (Lipinski definition) is 7. The molecule has 0 bridgehead atoms. The van der Waals surface area contributed by atoms with Gasteiger partial charge in [0.15, 0.2) is 9.84 Å². The van der Waals surface area contributed by atoms with Crippen LogP contribution in [0.5, 0.6) is 0 Å². The molecule has 0 heterocycles. The lowest BCUT2D eigenvalue weighted by Crippen LogP contribution is -2.52. The number of sulfone groups is 1. The second kappa shape index (κ2) is 16.9. The van der Waals surface area contributed by atoms with Gasteiger partial charge in [-0.1, -0.05) is 79.6 Å². The average Bonchev–Trinajstić information content (AvgIpc) is 2.94. The zero-order valence-corrected chi connectivity index (χ0v) is 24.9. The second-order valence-corrected chi connectivity index (χ2v) is 12.3. The van der Waals surface area contributed by atoms with Crippen LogP contribution in [0.15, 0.2) is 71.2 Å². The Balaban J connectivity index is 2.06. The maximum absolute atomic E-state index is 13.0. The lowest BCUT2D eigenvalue weighted by Gasteiger charge is -2.22. The van der Waals surface area contributed by atoms with Gasteiger partial charge in [-0.25, -0.2) is 8.42 Å². The third-order valence-electron chi connectivity index (χ3n) is 6.15. The van der Waals surface area contributed by atoms with Crippen LogP contribution < -0.4 is 21.7 Å². The Kier molecular flexibility index (Phi) is 13.7. The van der Waals surface area contributed by atoms with E-state index in [1.807, 2.05) is 44.2 Å². The summed E-state index contributed by atoms with van der Waals surface area (Å²) in [6.07, 6.45) is 3.19. The Morgan fingerprint density at radius 3 is 2.14 bits per heavy atom. The van der Waals surface area contributed by atoms with E-state index in [0.29, 0.717) is 13.0 Å². The number of benzene rings is 2. The highest BCUT2D eigenvalue weighted by molar-refractivity contribution is 7.93. The van der Waals surface area contributed by atoms with Crippen molar-refractivity contribution in [2.24, 2.45) is 16.8 Å². The molecule has 0 radical (unpaired) electrons. The number of nitrogens with one attached hydrogen (secondary N) is 3. The molecule has 2 aromatic carbocycles. The highest BCUT2D eigenvalue weighted by atomic mass is 32.2. The summed E-state index contributed by atoms with van der Waals surface area (Å²) in [7, 11) is -3.44. The van der Waals surface area contributed by atoms with Gasteiger partial charge >= 0.3 is 0 Å². The summed E-state index contributed by atoms with van der Waals surface area (Å²) < 4.78 is 23.4. The van der Waals surface area contributed by atoms with Crippen LogP contribution in [-0.4, -0.2) is 57.1 Å². The molecule has 0 saturated carbocycles. The van der Waals surface area contributed by atoms with Crippen molar-refractivity contribution in [3.63, 3.8) is 0 Å². The largest absolute Gasteiger partial charge is 0.348 e. The van der Waals surface area contributed by atoms with Gasteiger partial charge in [0.25, 0.3) is 0 Å². The van der Waals surface area contributed by atoms with Crippen LogP contribution in [0.25, 0.3) is 10.4 Å². The number of carbonyl (C=O) groups excluding carboxylic acids is 3. The molecule has 0 aliphatic rings. The van der Waals surface area contributed by atoms with Crippen molar-refractivity contribution < 1.29 is 22.8 Å². The standard InChI is InChI=1S/C29H39N7O5S/c1-20(2)15-25(34-29(39)26(35-36-31)17-21-7-5-4-6-8-21)28(38)32-19-27(37)33-24(13-14-42(3,40)41)16-22-9-11-23(18-30)12-10-22/h4-14,20,24-26H,15-19,30H2,1-3H3,(H,32,38)(H,33,37)(H,34,39)/t24-,25+,26+/m1/s1. The molecule has 0 aromatic heterocycles. The molecule has 0 aliphatic carbocycles.